The molecule has 2 rings (SSSR count). The molecule has 0 aliphatic heterocycles. The molecule has 170 valence electrons. The van der Waals surface area contributed by atoms with E-state index in [-0.39, 0.29) is 18.2 Å². The number of likely N-dealkylation sites (N-methyl/N-ethyl adjacent to an activating group) is 1. The second kappa shape index (κ2) is 11.0. The average Bonchev–Trinajstić information content (AvgIpc) is 3.12. The molecular formula is C21H30ClN5O3S. The molecule has 0 aliphatic carbocycles. The van der Waals surface area contributed by atoms with Gasteiger partial charge in [-0.05, 0) is 59.5 Å². The van der Waals surface area contributed by atoms with Gasteiger partial charge in [-0.3, -0.25) is 14.2 Å². The third-order valence-electron chi connectivity index (χ3n) is 4.18. The van der Waals surface area contributed by atoms with Crippen molar-refractivity contribution in [2.75, 3.05) is 39.5 Å². The van der Waals surface area contributed by atoms with Gasteiger partial charge >= 0.3 is 5.97 Å². The van der Waals surface area contributed by atoms with Crippen LogP contribution < -0.4 is 0 Å². The average molecular weight is 468 g/mol. The molecule has 2 aromatic rings. The molecule has 0 atom stereocenters. The van der Waals surface area contributed by atoms with Crippen molar-refractivity contribution in [1.82, 2.24) is 24.6 Å². The summed E-state index contributed by atoms with van der Waals surface area (Å²) in [6.45, 7) is 8.30. The number of ether oxygens (including phenoxy) is 1. The minimum absolute atomic E-state index is 0.0925. The Morgan fingerprint density at radius 2 is 1.94 bits per heavy atom. The van der Waals surface area contributed by atoms with Crippen molar-refractivity contribution in [3.05, 3.63) is 35.1 Å². The fraction of sp³-hybridized carbons (Fsp3) is 0.524. The number of thioether (sulfide) groups is 1. The lowest BCUT2D eigenvalue weighted by atomic mass is 10.2. The van der Waals surface area contributed by atoms with Gasteiger partial charge in [0, 0.05) is 18.1 Å². The highest BCUT2D eigenvalue weighted by atomic mass is 35.5. The fourth-order valence-corrected chi connectivity index (χ4v) is 3.60. The van der Waals surface area contributed by atoms with Crippen molar-refractivity contribution < 1.29 is 14.3 Å². The van der Waals surface area contributed by atoms with Crippen molar-refractivity contribution in [1.29, 1.82) is 0 Å². The van der Waals surface area contributed by atoms with Gasteiger partial charge in [-0.25, -0.2) is 0 Å². The Morgan fingerprint density at radius 1 is 1.23 bits per heavy atom. The number of hydrogen-bond acceptors (Lipinski definition) is 7. The number of aryl methyl sites for hydroxylation is 1. The van der Waals surface area contributed by atoms with Gasteiger partial charge < -0.3 is 14.5 Å². The largest absolute Gasteiger partial charge is 0.459 e. The number of halogens is 1. The zero-order valence-corrected chi connectivity index (χ0v) is 20.5. The molecule has 0 saturated heterocycles. The first-order chi connectivity index (χ1) is 14.5. The van der Waals surface area contributed by atoms with Crippen LogP contribution in [0.2, 0.25) is 5.02 Å². The summed E-state index contributed by atoms with van der Waals surface area (Å²) in [5.74, 6) is -0.481. The van der Waals surface area contributed by atoms with Crippen LogP contribution in [0.15, 0.2) is 29.7 Å². The van der Waals surface area contributed by atoms with Crippen LogP contribution in [0.25, 0.3) is 5.69 Å². The smallest absolute Gasteiger partial charge is 0.326 e. The SMILES string of the molecule is Cc1ccc(-n2cnnc2SCC(=O)N(CCN(C)C)CC(=O)OC(C)(C)C)cc1Cl. The molecule has 0 bridgehead atoms. The normalized spacial score (nSPS) is 11.6. The zero-order valence-electron chi connectivity index (χ0n) is 18.9. The Hall–Kier alpha value is -2.10. The summed E-state index contributed by atoms with van der Waals surface area (Å²) < 4.78 is 7.16. The molecule has 0 N–H and O–H groups in total. The van der Waals surface area contributed by atoms with Crippen LogP contribution in [0, 0.1) is 6.92 Å². The predicted molar refractivity (Wildman–Crippen MR) is 123 cm³/mol. The number of nitrogens with zero attached hydrogens (tertiary/aromatic N) is 5. The minimum atomic E-state index is -0.603. The monoisotopic (exact) mass is 467 g/mol. The van der Waals surface area contributed by atoms with E-state index in [4.69, 9.17) is 16.3 Å². The topological polar surface area (TPSA) is 80.6 Å². The van der Waals surface area contributed by atoms with Crippen LogP contribution in [0.3, 0.4) is 0 Å². The van der Waals surface area contributed by atoms with Crippen molar-refractivity contribution >= 4 is 35.2 Å². The highest BCUT2D eigenvalue weighted by Crippen LogP contribution is 2.24. The van der Waals surface area contributed by atoms with Gasteiger partial charge in [0.1, 0.15) is 18.5 Å². The lowest BCUT2D eigenvalue weighted by Crippen LogP contribution is -2.42. The molecule has 0 spiro atoms. The minimum Gasteiger partial charge on any atom is -0.459 e. The van der Waals surface area contributed by atoms with Crippen molar-refractivity contribution in [3.63, 3.8) is 0 Å². The fourth-order valence-electron chi connectivity index (χ4n) is 2.59. The summed E-state index contributed by atoms with van der Waals surface area (Å²) in [6.07, 6.45) is 1.58. The highest BCUT2D eigenvalue weighted by molar-refractivity contribution is 7.99. The molecule has 0 radical (unpaired) electrons. The van der Waals surface area contributed by atoms with E-state index in [0.29, 0.717) is 23.3 Å². The summed E-state index contributed by atoms with van der Waals surface area (Å²) in [6, 6.07) is 5.67. The van der Waals surface area contributed by atoms with Gasteiger partial charge in [-0.1, -0.05) is 29.4 Å². The molecule has 0 aliphatic rings. The van der Waals surface area contributed by atoms with Gasteiger partial charge in [0.05, 0.1) is 11.4 Å². The molecule has 0 saturated carbocycles. The standard InChI is InChI=1S/C21H30ClN5O3S/c1-15-7-8-16(11-17(15)22)27-14-23-24-20(27)31-13-18(28)26(10-9-25(5)6)12-19(29)30-21(2,3)4/h7-8,11,14H,9-10,12-13H2,1-6H3. The highest BCUT2D eigenvalue weighted by Gasteiger charge is 2.23. The summed E-state index contributed by atoms with van der Waals surface area (Å²) in [5.41, 5.74) is 1.18. The molecule has 31 heavy (non-hydrogen) atoms. The summed E-state index contributed by atoms with van der Waals surface area (Å²) >= 11 is 7.50. The van der Waals surface area contributed by atoms with Crippen molar-refractivity contribution in [2.45, 2.75) is 38.5 Å². The number of hydrogen-bond donors (Lipinski definition) is 0. The maximum Gasteiger partial charge on any atom is 0.326 e. The van der Waals surface area contributed by atoms with Crippen LogP contribution in [0.1, 0.15) is 26.3 Å². The van der Waals surface area contributed by atoms with Crippen molar-refractivity contribution in [2.24, 2.45) is 0 Å². The Bertz CT molecular complexity index is 911. The number of carbonyl (C=O) groups is 2. The molecule has 0 unspecified atom stereocenters. The van der Waals surface area contributed by atoms with E-state index >= 15 is 0 Å². The van der Waals surface area contributed by atoms with Gasteiger partial charge in [0.25, 0.3) is 0 Å². The molecular weight excluding hydrogens is 438 g/mol. The second-order valence-corrected chi connectivity index (χ2v) is 9.76. The number of benzene rings is 1. The lowest BCUT2D eigenvalue weighted by molar-refractivity contribution is -0.158. The van der Waals surface area contributed by atoms with Gasteiger partial charge in [-0.15, -0.1) is 10.2 Å². The predicted octanol–water partition coefficient (Wildman–Crippen LogP) is 3.05. The Balaban J connectivity index is 2.07. The van der Waals surface area contributed by atoms with Crippen LogP contribution in [0.4, 0.5) is 0 Å². The first kappa shape index (κ1) is 25.2. The van der Waals surface area contributed by atoms with E-state index in [0.717, 1.165) is 11.3 Å². The van der Waals surface area contributed by atoms with Gasteiger partial charge in [0.15, 0.2) is 5.16 Å². The number of amides is 1. The quantitative estimate of drug-likeness (QED) is 0.414. The Morgan fingerprint density at radius 3 is 2.55 bits per heavy atom. The number of rotatable bonds is 9. The van der Waals surface area contributed by atoms with Crippen molar-refractivity contribution in [3.8, 4) is 5.69 Å². The van der Waals surface area contributed by atoms with Crippen LogP contribution in [-0.4, -0.2) is 81.5 Å². The second-order valence-electron chi connectivity index (χ2n) is 8.41. The van der Waals surface area contributed by atoms with Crippen LogP contribution in [-0.2, 0) is 14.3 Å². The van der Waals surface area contributed by atoms with Crippen LogP contribution >= 0.6 is 23.4 Å². The van der Waals surface area contributed by atoms with Crippen LogP contribution in [0.5, 0.6) is 0 Å². The third kappa shape index (κ3) is 8.16. The number of esters is 1. The summed E-state index contributed by atoms with van der Waals surface area (Å²) in [4.78, 5) is 28.7. The molecule has 1 amide bonds. The first-order valence-electron chi connectivity index (χ1n) is 9.90. The van der Waals surface area contributed by atoms with E-state index in [2.05, 4.69) is 10.2 Å². The molecule has 0 fully saturated rings. The molecule has 8 nitrogen and oxygen atoms in total. The lowest BCUT2D eigenvalue weighted by Gasteiger charge is -2.26. The van der Waals surface area contributed by atoms with Gasteiger partial charge in [-0.2, -0.15) is 0 Å². The molecule has 10 heteroatoms. The molecule has 1 heterocycles. The van der Waals surface area contributed by atoms with Gasteiger partial charge in [0.2, 0.25) is 5.91 Å². The van der Waals surface area contributed by atoms with E-state index in [1.54, 1.807) is 31.7 Å². The van der Waals surface area contributed by atoms with E-state index in [1.807, 2.05) is 44.1 Å². The maximum atomic E-state index is 12.9. The summed E-state index contributed by atoms with van der Waals surface area (Å²) in [5, 5.41) is 9.30. The first-order valence-corrected chi connectivity index (χ1v) is 11.3. The number of aromatic nitrogens is 3. The summed E-state index contributed by atoms with van der Waals surface area (Å²) in [7, 11) is 3.83. The Kier molecular flexibility index (Phi) is 8.90. The van der Waals surface area contributed by atoms with E-state index < -0.39 is 11.6 Å². The van der Waals surface area contributed by atoms with E-state index in [1.165, 1.54) is 16.7 Å². The Labute approximate surface area is 192 Å². The molecule has 1 aromatic carbocycles. The number of carbonyl (C=O) groups excluding carboxylic acids is 2. The maximum absolute atomic E-state index is 12.9. The van der Waals surface area contributed by atoms with E-state index in [9.17, 15) is 9.59 Å². The molecule has 1 aromatic heterocycles. The third-order valence-corrected chi connectivity index (χ3v) is 5.52. The zero-order chi connectivity index (χ0) is 23.2.